The van der Waals surface area contributed by atoms with Gasteiger partial charge in [0.15, 0.2) is 6.29 Å². The second-order valence-electron chi connectivity index (χ2n) is 12.0. The molecule has 10 heteroatoms. The van der Waals surface area contributed by atoms with Gasteiger partial charge in [-0.25, -0.2) is 14.5 Å². The summed E-state index contributed by atoms with van der Waals surface area (Å²) in [5, 5.41) is 11.2. The molecule has 6 atom stereocenters. The molecule has 0 aromatic carbocycles. The second kappa shape index (κ2) is 13.9. The number of carbonyl (C=O) groups is 2. The minimum absolute atomic E-state index is 0.0819. The third kappa shape index (κ3) is 10.6. The van der Waals surface area contributed by atoms with Crippen LogP contribution < -0.4 is 0 Å². The first-order chi connectivity index (χ1) is 17.6. The van der Waals surface area contributed by atoms with E-state index in [9.17, 15) is 14.7 Å². The van der Waals surface area contributed by atoms with Crippen molar-refractivity contribution in [2.45, 2.75) is 123 Å². The lowest BCUT2D eigenvalue weighted by Gasteiger charge is -2.36. The van der Waals surface area contributed by atoms with Crippen LogP contribution in [0.25, 0.3) is 0 Å². The van der Waals surface area contributed by atoms with Crippen molar-refractivity contribution < 1.29 is 43.1 Å². The van der Waals surface area contributed by atoms with Crippen LogP contribution in [0.3, 0.4) is 0 Å². The molecule has 218 valence electrons. The molecular formula is C28H47NO9. The highest BCUT2D eigenvalue weighted by Gasteiger charge is 2.44. The Bertz CT molecular complexity index is 801. The number of rotatable bonds is 6. The summed E-state index contributed by atoms with van der Waals surface area (Å²) >= 11 is 0. The molecule has 2 unspecified atom stereocenters. The van der Waals surface area contributed by atoms with Gasteiger partial charge in [-0.1, -0.05) is 24.3 Å². The summed E-state index contributed by atoms with van der Waals surface area (Å²) < 4.78 is 35.4. The van der Waals surface area contributed by atoms with E-state index in [1.54, 1.807) is 48.5 Å². The lowest BCUT2D eigenvalue weighted by Crippen LogP contribution is -2.56. The van der Waals surface area contributed by atoms with Gasteiger partial charge in [0.1, 0.15) is 29.5 Å². The topological polar surface area (TPSA) is 113 Å². The summed E-state index contributed by atoms with van der Waals surface area (Å²) in [6, 6.07) is -1.25. The SMILES string of the molecule is C=C(C)CO[C@H]1[C@H](C)OC(O)[C@@H](N(C(=O)OC(C)(C)C)C(=O)OC(C)(C)C)COC[C@@H]1OC1C=CCCC1. The molecule has 2 amide bonds. The van der Waals surface area contributed by atoms with Crippen LogP contribution in [-0.4, -0.2) is 90.0 Å². The highest BCUT2D eigenvalue weighted by Crippen LogP contribution is 2.25. The molecule has 0 spiro atoms. The summed E-state index contributed by atoms with van der Waals surface area (Å²) in [6.07, 6.45) is 1.47. The molecule has 1 heterocycles. The van der Waals surface area contributed by atoms with Crippen molar-refractivity contribution in [2.75, 3.05) is 19.8 Å². The van der Waals surface area contributed by atoms with Crippen molar-refractivity contribution >= 4 is 12.2 Å². The average Bonchev–Trinajstić information content (AvgIpc) is 2.80. The van der Waals surface area contributed by atoms with E-state index in [4.69, 9.17) is 28.4 Å². The van der Waals surface area contributed by atoms with Crippen LogP contribution in [0.1, 0.15) is 74.7 Å². The van der Waals surface area contributed by atoms with Gasteiger partial charge in [-0.3, -0.25) is 0 Å². The van der Waals surface area contributed by atoms with Crippen molar-refractivity contribution in [3.63, 3.8) is 0 Å². The molecule has 1 aliphatic heterocycles. The zero-order chi connectivity index (χ0) is 28.7. The number of amides is 2. The first-order valence-electron chi connectivity index (χ1n) is 13.3. The Hall–Kier alpha value is -1.98. The molecule has 38 heavy (non-hydrogen) atoms. The van der Waals surface area contributed by atoms with Crippen molar-refractivity contribution in [1.82, 2.24) is 4.90 Å². The monoisotopic (exact) mass is 541 g/mol. The fraction of sp³-hybridized carbons (Fsp3) is 0.786. The van der Waals surface area contributed by atoms with Crippen LogP contribution in [0, 0.1) is 0 Å². The number of aliphatic hydroxyl groups is 1. The Morgan fingerprint density at radius 1 is 1.08 bits per heavy atom. The molecule has 0 aromatic heterocycles. The maximum Gasteiger partial charge on any atom is 0.420 e. The quantitative estimate of drug-likeness (QED) is 0.477. The van der Waals surface area contributed by atoms with Crippen LogP contribution in [0.15, 0.2) is 24.3 Å². The van der Waals surface area contributed by atoms with E-state index in [0.717, 1.165) is 29.7 Å². The van der Waals surface area contributed by atoms with E-state index in [1.165, 1.54) is 0 Å². The van der Waals surface area contributed by atoms with Crippen LogP contribution in [0.2, 0.25) is 0 Å². The fourth-order valence-corrected chi connectivity index (χ4v) is 4.06. The minimum Gasteiger partial charge on any atom is -0.443 e. The first-order valence-corrected chi connectivity index (χ1v) is 13.3. The largest absolute Gasteiger partial charge is 0.443 e. The van der Waals surface area contributed by atoms with Gasteiger partial charge in [0, 0.05) is 0 Å². The van der Waals surface area contributed by atoms with Gasteiger partial charge in [-0.15, -0.1) is 0 Å². The Kier molecular flexibility index (Phi) is 11.8. The number of aliphatic hydroxyl groups excluding tert-OH is 1. The lowest BCUT2D eigenvalue weighted by molar-refractivity contribution is -0.205. The molecule has 0 bridgehead atoms. The van der Waals surface area contributed by atoms with Crippen LogP contribution in [0.5, 0.6) is 0 Å². The van der Waals surface area contributed by atoms with Gasteiger partial charge in [0.2, 0.25) is 0 Å². The van der Waals surface area contributed by atoms with Gasteiger partial charge >= 0.3 is 12.2 Å². The summed E-state index contributed by atoms with van der Waals surface area (Å²) in [5.74, 6) is 0. The van der Waals surface area contributed by atoms with Crippen molar-refractivity contribution in [3.05, 3.63) is 24.3 Å². The first kappa shape index (κ1) is 32.2. The predicted molar refractivity (Wildman–Crippen MR) is 142 cm³/mol. The smallest absolute Gasteiger partial charge is 0.420 e. The highest BCUT2D eigenvalue weighted by molar-refractivity contribution is 5.88. The lowest BCUT2D eigenvalue weighted by atomic mass is 10.0. The number of nitrogens with zero attached hydrogens (tertiary/aromatic N) is 1. The normalized spacial score (nSPS) is 29.0. The summed E-state index contributed by atoms with van der Waals surface area (Å²) in [4.78, 5) is 27.1. The molecule has 0 radical (unpaired) electrons. The molecule has 1 saturated heterocycles. The van der Waals surface area contributed by atoms with Crippen molar-refractivity contribution in [2.24, 2.45) is 0 Å². The predicted octanol–water partition coefficient (Wildman–Crippen LogP) is 4.74. The van der Waals surface area contributed by atoms with Gasteiger partial charge in [-0.2, -0.15) is 0 Å². The number of allylic oxidation sites excluding steroid dienone is 1. The zero-order valence-electron chi connectivity index (χ0n) is 24.2. The van der Waals surface area contributed by atoms with Gasteiger partial charge in [0.05, 0.1) is 32.0 Å². The van der Waals surface area contributed by atoms with Crippen LogP contribution in [0.4, 0.5) is 9.59 Å². The number of imide groups is 1. The van der Waals surface area contributed by atoms with E-state index < -0.39 is 54.0 Å². The average molecular weight is 542 g/mol. The maximum atomic E-state index is 13.2. The van der Waals surface area contributed by atoms with E-state index in [0.29, 0.717) is 0 Å². The Labute approximate surface area is 227 Å². The minimum atomic E-state index is -1.62. The Morgan fingerprint density at radius 3 is 2.18 bits per heavy atom. The second-order valence-corrected chi connectivity index (χ2v) is 12.0. The summed E-state index contributed by atoms with van der Waals surface area (Å²) in [6.45, 7) is 17.7. The summed E-state index contributed by atoms with van der Waals surface area (Å²) in [7, 11) is 0. The third-order valence-corrected chi connectivity index (χ3v) is 5.68. The highest BCUT2D eigenvalue weighted by atomic mass is 16.6. The zero-order valence-corrected chi connectivity index (χ0v) is 24.2. The number of hydrogen-bond donors (Lipinski definition) is 1. The van der Waals surface area contributed by atoms with Crippen LogP contribution in [-0.2, 0) is 28.4 Å². The van der Waals surface area contributed by atoms with Crippen molar-refractivity contribution in [3.8, 4) is 0 Å². The molecule has 1 fully saturated rings. The van der Waals surface area contributed by atoms with Gasteiger partial charge < -0.3 is 33.5 Å². The molecule has 10 nitrogen and oxygen atoms in total. The van der Waals surface area contributed by atoms with Gasteiger partial charge in [-0.05, 0) is 74.7 Å². The standard InChI is InChI=1S/C28H47NO9/c1-18(2)15-34-23-19(3)35-24(30)21(16-33-17-22(23)36-20-13-11-10-12-14-20)29(25(31)37-27(4,5)6)26(32)38-28(7,8)9/h11,13,19-24,30H,1,10,12,14-17H2,2-9H3/t19-,20?,21-,22-,23-,24?/m0/s1. The fourth-order valence-electron chi connectivity index (χ4n) is 4.06. The van der Waals surface area contributed by atoms with E-state index in [2.05, 4.69) is 12.7 Å². The van der Waals surface area contributed by atoms with E-state index >= 15 is 0 Å². The van der Waals surface area contributed by atoms with Crippen LogP contribution >= 0.6 is 0 Å². The number of hydrogen-bond acceptors (Lipinski definition) is 9. The molecule has 1 N–H and O–H groups in total. The molecule has 0 aromatic rings. The molecule has 2 rings (SSSR count). The summed E-state index contributed by atoms with van der Waals surface area (Å²) in [5.41, 5.74) is -0.984. The molecule has 2 aliphatic rings. The molecule has 1 aliphatic carbocycles. The Morgan fingerprint density at radius 2 is 1.68 bits per heavy atom. The molecular weight excluding hydrogens is 494 g/mol. The molecule has 0 saturated carbocycles. The van der Waals surface area contributed by atoms with Gasteiger partial charge in [0.25, 0.3) is 0 Å². The van der Waals surface area contributed by atoms with E-state index in [-0.39, 0.29) is 25.9 Å². The Balaban J connectivity index is 2.36. The van der Waals surface area contributed by atoms with Crippen molar-refractivity contribution in [1.29, 1.82) is 0 Å². The number of ether oxygens (including phenoxy) is 6. The van der Waals surface area contributed by atoms with E-state index in [1.807, 2.05) is 13.0 Å². The number of carbonyl (C=O) groups excluding carboxylic acids is 2. The third-order valence-electron chi connectivity index (χ3n) is 5.68. The maximum absolute atomic E-state index is 13.2.